The van der Waals surface area contributed by atoms with Gasteiger partial charge in [-0.25, -0.2) is 0 Å². The minimum Gasteiger partial charge on any atom is -0.342 e. The predicted octanol–water partition coefficient (Wildman–Crippen LogP) is 2.68. The zero-order valence-corrected chi connectivity index (χ0v) is 14.4. The molecule has 5 heteroatoms. The second kappa shape index (κ2) is 6.31. The van der Waals surface area contributed by atoms with Gasteiger partial charge in [0.05, 0.1) is 0 Å². The van der Waals surface area contributed by atoms with Crippen molar-refractivity contribution in [2.45, 2.75) is 32.9 Å². The van der Waals surface area contributed by atoms with Gasteiger partial charge in [-0.3, -0.25) is 4.79 Å². The molecule has 2 unspecified atom stereocenters. The first-order valence-electron chi connectivity index (χ1n) is 7.25. The van der Waals surface area contributed by atoms with Gasteiger partial charge in [0.1, 0.15) is 5.69 Å². The molecule has 4 nitrogen and oxygen atoms in total. The SMILES string of the molecule is CCCn1cc(Br)cc1C(=O)N1CC(C)C(N(C)C)C1. The number of likely N-dealkylation sites (tertiary alicyclic amines) is 1. The topological polar surface area (TPSA) is 28.5 Å². The average molecular weight is 342 g/mol. The Morgan fingerprint density at radius 1 is 1.45 bits per heavy atom. The van der Waals surface area contributed by atoms with Crippen LogP contribution in [0.25, 0.3) is 0 Å². The van der Waals surface area contributed by atoms with Gasteiger partial charge in [0.15, 0.2) is 0 Å². The van der Waals surface area contributed by atoms with Crippen molar-refractivity contribution < 1.29 is 4.79 Å². The summed E-state index contributed by atoms with van der Waals surface area (Å²) in [4.78, 5) is 16.9. The second-order valence-corrected chi connectivity index (χ2v) is 6.87. The number of aryl methyl sites for hydroxylation is 1. The molecule has 0 aliphatic carbocycles. The third-order valence-electron chi connectivity index (χ3n) is 4.07. The van der Waals surface area contributed by atoms with E-state index in [0.717, 1.165) is 36.2 Å². The minimum atomic E-state index is 0.153. The summed E-state index contributed by atoms with van der Waals surface area (Å²) in [5.41, 5.74) is 0.797. The van der Waals surface area contributed by atoms with Gasteiger partial charge in [-0.05, 0) is 48.4 Å². The fourth-order valence-electron chi connectivity index (χ4n) is 3.03. The van der Waals surface area contributed by atoms with E-state index in [-0.39, 0.29) is 5.91 Å². The summed E-state index contributed by atoms with van der Waals surface area (Å²) in [7, 11) is 4.18. The summed E-state index contributed by atoms with van der Waals surface area (Å²) in [6.45, 7) is 6.90. The van der Waals surface area contributed by atoms with Crippen molar-refractivity contribution >= 4 is 21.8 Å². The molecule has 1 saturated heterocycles. The van der Waals surface area contributed by atoms with E-state index < -0.39 is 0 Å². The molecule has 2 atom stereocenters. The lowest BCUT2D eigenvalue weighted by molar-refractivity contribution is 0.0770. The molecule has 0 spiro atoms. The van der Waals surface area contributed by atoms with E-state index in [0.29, 0.717) is 12.0 Å². The zero-order chi connectivity index (χ0) is 14.9. The van der Waals surface area contributed by atoms with Crippen molar-refractivity contribution in [3.05, 3.63) is 22.4 Å². The maximum atomic E-state index is 12.7. The molecule has 2 rings (SSSR count). The zero-order valence-electron chi connectivity index (χ0n) is 12.8. The Hall–Kier alpha value is -0.810. The number of aromatic nitrogens is 1. The van der Waals surface area contributed by atoms with Gasteiger partial charge in [0, 0.05) is 36.3 Å². The molecule has 1 aliphatic rings. The lowest BCUT2D eigenvalue weighted by Gasteiger charge is -2.22. The summed E-state index contributed by atoms with van der Waals surface area (Å²) < 4.78 is 3.03. The van der Waals surface area contributed by atoms with Gasteiger partial charge >= 0.3 is 0 Å². The molecule has 0 aromatic carbocycles. The molecule has 112 valence electrons. The van der Waals surface area contributed by atoms with Crippen LogP contribution >= 0.6 is 15.9 Å². The highest BCUT2D eigenvalue weighted by atomic mass is 79.9. The Bertz CT molecular complexity index is 483. The second-order valence-electron chi connectivity index (χ2n) is 5.96. The number of carbonyl (C=O) groups excluding carboxylic acids is 1. The van der Waals surface area contributed by atoms with Crippen LogP contribution in [0.3, 0.4) is 0 Å². The molecular weight excluding hydrogens is 318 g/mol. The largest absolute Gasteiger partial charge is 0.342 e. The van der Waals surface area contributed by atoms with Crippen molar-refractivity contribution in [3.8, 4) is 0 Å². The molecule has 0 N–H and O–H groups in total. The van der Waals surface area contributed by atoms with Crippen LogP contribution in [0.1, 0.15) is 30.8 Å². The predicted molar refractivity (Wildman–Crippen MR) is 85.0 cm³/mol. The molecule has 1 amide bonds. The molecule has 2 heterocycles. The fourth-order valence-corrected chi connectivity index (χ4v) is 3.49. The van der Waals surface area contributed by atoms with E-state index in [9.17, 15) is 4.79 Å². The van der Waals surface area contributed by atoms with Gasteiger partial charge in [0.2, 0.25) is 0 Å². The molecule has 1 fully saturated rings. The Labute approximate surface area is 129 Å². The van der Waals surface area contributed by atoms with Crippen LogP contribution < -0.4 is 0 Å². The first kappa shape index (κ1) is 15.6. The van der Waals surface area contributed by atoms with Crippen LogP contribution in [0.2, 0.25) is 0 Å². The third-order valence-corrected chi connectivity index (χ3v) is 4.50. The van der Waals surface area contributed by atoms with Crippen LogP contribution in [-0.2, 0) is 6.54 Å². The van der Waals surface area contributed by atoms with E-state index >= 15 is 0 Å². The quantitative estimate of drug-likeness (QED) is 0.842. The standard InChI is InChI=1S/C15H24BrN3O/c1-5-6-18-9-12(16)7-13(18)15(20)19-8-11(2)14(10-19)17(3)4/h7,9,11,14H,5-6,8,10H2,1-4H3. The average Bonchev–Trinajstić information content (AvgIpc) is 2.92. The Balaban J connectivity index is 2.16. The van der Waals surface area contributed by atoms with Gasteiger partial charge < -0.3 is 14.4 Å². The molecular formula is C15H24BrN3O. The molecule has 20 heavy (non-hydrogen) atoms. The summed E-state index contributed by atoms with van der Waals surface area (Å²) in [5, 5.41) is 0. The molecule has 1 aromatic heterocycles. The van der Waals surface area contributed by atoms with Crippen LogP contribution in [0.5, 0.6) is 0 Å². The van der Waals surface area contributed by atoms with E-state index in [4.69, 9.17) is 0 Å². The maximum absolute atomic E-state index is 12.7. The first-order valence-corrected chi connectivity index (χ1v) is 8.04. The van der Waals surface area contributed by atoms with Crippen LogP contribution in [0.4, 0.5) is 0 Å². The fraction of sp³-hybridized carbons (Fsp3) is 0.667. The summed E-state index contributed by atoms with van der Waals surface area (Å²) >= 11 is 3.48. The lowest BCUT2D eigenvalue weighted by atomic mass is 10.1. The molecule has 0 radical (unpaired) electrons. The van der Waals surface area contributed by atoms with Crippen molar-refractivity contribution in [2.24, 2.45) is 5.92 Å². The molecule has 0 saturated carbocycles. The van der Waals surface area contributed by atoms with Gasteiger partial charge in [-0.15, -0.1) is 0 Å². The summed E-state index contributed by atoms with van der Waals surface area (Å²) in [5.74, 6) is 0.673. The monoisotopic (exact) mass is 341 g/mol. The van der Waals surface area contributed by atoms with E-state index in [1.54, 1.807) is 0 Å². The number of likely N-dealkylation sites (N-methyl/N-ethyl adjacent to an activating group) is 1. The molecule has 0 bridgehead atoms. The lowest BCUT2D eigenvalue weighted by Crippen LogP contribution is -2.36. The van der Waals surface area contributed by atoms with Gasteiger partial charge in [-0.1, -0.05) is 13.8 Å². The Morgan fingerprint density at radius 2 is 2.15 bits per heavy atom. The van der Waals surface area contributed by atoms with Gasteiger partial charge in [0.25, 0.3) is 5.91 Å². The van der Waals surface area contributed by atoms with Crippen molar-refractivity contribution in [3.63, 3.8) is 0 Å². The number of halogens is 1. The van der Waals surface area contributed by atoms with Crippen LogP contribution in [0.15, 0.2) is 16.7 Å². The highest BCUT2D eigenvalue weighted by Gasteiger charge is 2.34. The third kappa shape index (κ3) is 3.09. The van der Waals surface area contributed by atoms with Crippen molar-refractivity contribution in [2.75, 3.05) is 27.2 Å². The first-order chi connectivity index (χ1) is 9.43. The molecule has 1 aromatic rings. The van der Waals surface area contributed by atoms with E-state index in [2.05, 4.69) is 53.3 Å². The smallest absolute Gasteiger partial charge is 0.270 e. The maximum Gasteiger partial charge on any atom is 0.270 e. The summed E-state index contributed by atoms with van der Waals surface area (Å²) in [6, 6.07) is 2.39. The van der Waals surface area contributed by atoms with Gasteiger partial charge in [-0.2, -0.15) is 0 Å². The number of rotatable bonds is 4. The number of amides is 1. The Kier molecular flexibility index (Phi) is 4.91. The number of nitrogens with zero attached hydrogens (tertiary/aromatic N) is 3. The summed E-state index contributed by atoms with van der Waals surface area (Å²) in [6.07, 6.45) is 3.03. The normalized spacial score (nSPS) is 22.8. The molecule has 1 aliphatic heterocycles. The highest BCUT2D eigenvalue weighted by molar-refractivity contribution is 9.10. The number of hydrogen-bond donors (Lipinski definition) is 0. The highest BCUT2D eigenvalue weighted by Crippen LogP contribution is 2.24. The number of hydrogen-bond acceptors (Lipinski definition) is 2. The minimum absolute atomic E-state index is 0.153. The van der Waals surface area contributed by atoms with E-state index in [1.165, 1.54) is 0 Å². The van der Waals surface area contributed by atoms with Crippen LogP contribution in [0, 0.1) is 5.92 Å². The van der Waals surface area contributed by atoms with Crippen LogP contribution in [-0.4, -0.2) is 53.5 Å². The van der Waals surface area contributed by atoms with Crippen molar-refractivity contribution in [1.29, 1.82) is 0 Å². The van der Waals surface area contributed by atoms with Crippen molar-refractivity contribution in [1.82, 2.24) is 14.4 Å². The van der Waals surface area contributed by atoms with E-state index in [1.807, 2.05) is 17.2 Å². The Morgan fingerprint density at radius 3 is 2.70 bits per heavy atom. The number of carbonyl (C=O) groups is 1.